The number of hydrogen-bond donors (Lipinski definition) is 1. The summed E-state index contributed by atoms with van der Waals surface area (Å²) in [5.74, 6) is -0.837. The van der Waals surface area contributed by atoms with Crippen LogP contribution in [0.5, 0.6) is 5.88 Å². The highest BCUT2D eigenvalue weighted by Gasteiger charge is 2.19. The van der Waals surface area contributed by atoms with Gasteiger partial charge in [0, 0.05) is 17.7 Å². The van der Waals surface area contributed by atoms with Crippen LogP contribution in [-0.2, 0) is 0 Å². The van der Waals surface area contributed by atoms with Crippen molar-refractivity contribution in [2.45, 2.75) is 13.0 Å². The Labute approximate surface area is 115 Å². The highest BCUT2D eigenvalue weighted by molar-refractivity contribution is 5.31. The van der Waals surface area contributed by atoms with E-state index in [1.54, 1.807) is 6.07 Å². The van der Waals surface area contributed by atoms with Gasteiger partial charge < -0.3 is 10.1 Å². The van der Waals surface area contributed by atoms with E-state index >= 15 is 0 Å². The van der Waals surface area contributed by atoms with Gasteiger partial charge in [-0.1, -0.05) is 13.0 Å². The molecule has 2 rings (SSSR count). The fourth-order valence-electron chi connectivity index (χ4n) is 1.94. The molecular weight excluding hydrogens is 264 g/mol. The third kappa shape index (κ3) is 3.08. The van der Waals surface area contributed by atoms with E-state index in [2.05, 4.69) is 15.3 Å². The zero-order valence-electron chi connectivity index (χ0n) is 11.2. The van der Waals surface area contributed by atoms with Crippen LogP contribution in [0.2, 0.25) is 0 Å². The lowest BCUT2D eigenvalue weighted by atomic mass is 10.0. The van der Waals surface area contributed by atoms with Crippen LogP contribution in [0, 0.1) is 11.6 Å². The SMILES string of the molecule is CCNC(c1cc(OC)ncn1)c1ccc(F)cc1F. The van der Waals surface area contributed by atoms with E-state index in [4.69, 9.17) is 4.74 Å². The van der Waals surface area contributed by atoms with E-state index in [0.29, 0.717) is 23.7 Å². The van der Waals surface area contributed by atoms with Crippen molar-refractivity contribution in [1.29, 1.82) is 0 Å². The Balaban J connectivity index is 2.44. The molecule has 1 unspecified atom stereocenters. The number of hydrogen-bond acceptors (Lipinski definition) is 4. The second-order valence-corrected chi connectivity index (χ2v) is 4.14. The van der Waals surface area contributed by atoms with Gasteiger partial charge in [0.2, 0.25) is 5.88 Å². The summed E-state index contributed by atoms with van der Waals surface area (Å²) in [6.07, 6.45) is 1.35. The van der Waals surface area contributed by atoms with E-state index in [1.165, 1.54) is 25.6 Å². The molecule has 6 heteroatoms. The smallest absolute Gasteiger partial charge is 0.216 e. The maximum atomic E-state index is 13.9. The Morgan fingerprint density at radius 1 is 1.25 bits per heavy atom. The number of halogens is 2. The summed E-state index contributed by atoms with van der Waals surface area (Å²) in [7, 11) is 1.49. The largest absolute Gasteiger partial charge is 0.481 e. The standard InChI is InChI=1S/C14H15F2N3O/c1-3-17-14(10-5-4-9(15)6-11(10)16)12-7-13(20-2)19-8-18-12/h4-8,14,17H,3H2,1-2H3. The van der Waals surface area contributed by atoms with Crippen molar-refractivity contribution in [3.63, 3.8) is 0 Å². The van der Waals surface area contributed by atoms with E-state index in [-0.39, 0.29) is 0 Å². The average molecular weight is 279 g/mol. The van der Waals surface area contributed by atoms with Crippen LogP contribution >= 0.6 is 0 Å². The first-order valence-corrected chi connectivity index (χ1v) is 6.20. The molecule has 1 aromatic carbocycles. The molecule has 0 amide bonds. The van der Waals surface area contributed by atoms with Crippen molar-refractivity contribution < 1.29 is 13.5 Å². The first-order valence-electron chi connectivity index (χ1n) is 6.20. The van der Waals surface area contributed by atoms with Gasteiger partial charge in [-0.3, -0.25) is 0 Å². The summed E-state index contributed by atoms with van der Waals surface area (Å²) < 4.78 is 32.0. The fourth-order valence-corrected chi connectivity index (χ4v) is 1.94. The lowest BCUT2D eigenvalue weighted by Gasteiger charge is -2.18. The van der Waals surface area contributed by atoms with Crippen molar-refractivity contribution in [2.75, 3.05) is 13.7 Å². The topological polar surface area (TPSA) is 47.0 Å². The van der Waals surface area contributed by atoms with Gasteiger partial charge in [-0.2, -0.15) is 0 Å². The molecule has 0 radical (unpaired) electrons. The van der Waals surface area contributed by atoms with Crippen molar-refractivity contribution >= 4 is 0 Å². The Bertz CT molecular complexity index is 592. The quantitative estimate of drug-likeness (QED) is 0.913. The van der Waals surface area contributed by atoms with Gasteiger partial charge in [0.05, 0.1) is 18.8 Å². The van der Waals surface area contributed by atoms with Gasteiger partial charge >= 0.3 is 0 Å². The summed E-state index contributed by atoms with van der Waals surface area (Å²) >= 11 is 0. The molecule has 1 atom stereocenters. The van der Waals surface area contributed by atoms with Crippen LogP contribution in [0.1, 0.15) is 24.2 Å². The molecule has 0 aliphatic heterocycles. The number of benzene rings is 1. The van der Waals surface area contributed by atoms with Crippen LogP contribution in [0.4, 0.5) is 8.78 Å². The molecule has 0 fully saturated rings. The van der Waals surface area contributed by atoms with E-state index in [9.17, 15) is 8.78 Å². The Kier molecular flexibility index (Phi) is 4.57. The summed E-state index contributed by atoms with van der Waals surface area (Å²) in [6.45, 7) is 2.50. The van der Waals surface area contributed by atoms with Crippen LogP contribution in [0.25, 0.3) is 0 Å². The molecular formula is C14H15F2N3O. The molecule has 1 N–H and O–H groups in total. The van der Waals surface area contributed by atoms with Gasteiger partial charge in [0.15, 0.2) is 0 Å². The lowest BCUT2D eigenvalue weighted by molar-refractivity contribution is 0.394. The number of methoxy groups -OCH3 is 1. The zero-order valence-corrected chi connectivity index (χ0v) is 11.2. The minimum Gasteiger partial charge on any atom is -0.481 e. The van der Waals surface area contributed by atoms with E-state index in [1.807, 2.05) is 6.92 Å². The van der Waals surface area contributed by atoms with Gasteiger partial charge in [0.25, 0.3) is 0 Å². The molecule has 1 heterocycles. The molecule has 106 valence electrons. The van der Waals surface area contributed by atoms with Crippen LogP contribution in [-0.4, -0.2) is 23.6 Å². The maximum absolute atomic E-state index is 13.9. The van der Waals surface area contributed by atoms with Gasteiger partial charge in [0.1, 0.15) is 18.0 Å². The molecule has 20 heavy (non-hydrogen) atoms. The average Bonchev–Trinajstić information content (AvgIpc) is 2.45. The van der Waals surface area contributed by atoms with Crippen LogP contribution < -0.4 is 10.1 Å². The number of ether oxygens (including phenoxy) is 1. The minimum atomic E-state index is -0.617. The Morgan fingerprint density at radius 3 is 2.70 bits per heavy atom. The summed E-state index contributed by atoms with van der Waals surface area (Å²) in [6, 6.07) is 4.62. The third-order valence-electron chi connectivity index (χ3n) is 2.85. The molecule has 0 spiro atoms. The number of aromatic nitrogens is 2. The van der Waals surface area contributed by atoms with E-state index < -0.39 is 17.7 Å². The number of nitrogens with one attached hydrogen (secondary N) is 1. The summed E-state index contributed by atoms with van der Waals surface area (Å²) in [4.78, 5) is 8.05. The van der Waals surface area contributed by atoms with Crippen molar-refractivity contribution in [2.24, 2.45) is 0 Å². The monoisotopic (exact) mass is 279 g/mol. The third-order valence-corrected chi connectivity index (χ3v) is 2.85. The molecule has 0 aliphatic carbocycles. The Morgan fingerprint density at radius 2 is 2.05 bits per heavy atom. The van der Waals surface area contributed by atoms with E-state index in [0.717, 1.165) is 6.07 Å². The number of nitrogens with zero attached hydrogens (tertiary/aromatic N) is 2. The van der Waals surface area contributed by atoms with Gasteiger partial charge in [-0.25, -0.2) is 18.7 Å². The molecule has 0 saturated heterocycles. The second kappa shape index (κ2) is 6.38. The normalized spacial score (nSPS) is 12.2. The first kappa shape index (κ1) is 14.3. The van der Waals surface area contributed by atoms with Crippen molar-refractivity contribution in [3.05, 3.63) is 53.5 Å². The number of rotatable bonds is 5. The summed E-state index contributed by atoms with van der Waals surface area (Å²) in [5, 5.41) is 3.12. The molecule has 0 saturated carbocycles. The molecule has 1 aromatic heterocycles. The molecule has 4 nitrogen and oxygen atoms in total. The predicted octanol–water partition coefficient (Wildman–Crippen LogP) is 2.46. The lowest BCUT2D eigenvalue weighted by Crippen LogP contribution is -2.24. The first-order chi connectivity index (χ1) is 9.65. The fraction of sp³-hybridized carbons (Fsp3) is 0.286. The van der Waals surface area contributed by atoms with Crippen molar-refractivity contribution in [3.8, 4) is 5.88 Å². The Hall–Kier alpha value is -2.08. The summed E-state index contributed by atoms with van der Waals surface area (Å²) in [5.41, 5.74) is 0.887. The highest BCUT2D eigenvalue weighted by Crippen LogP contribution is 2.25. The second-order valence-electron chi connectivity index (χ2n) is 4.14. The predicted molar refractivity (Wildman–Crippen MR) is 70.5 cm³/mol. The molecule has 0 bridgehead atoms. The van der Waals surface area contributed by atoms with Gasteiger partial charge in [-0.15, -0.1) is 0 Å². The van der Waals surface area contributed by atoms with Crippen molar-refractivity contribution in [1.82, 2.24) is 15.3 Å². The maximum Gasteiger partial charge on any atom is 0.216 e. The minimum absolute atomic E-state index is 0.328. The van der Waals surface area contributed by atoms with Crippen LogP contribution in [0.15, 0.2) is 30.6 Å². The zero-order chi connectivity index (χ0) is 14.5. The van der Waals surface area contributed by atoms with Gasteiger partial charge in [-0.05, 0) is 12.6 Å². The molecule has 0 aliphatic rings. The van der Waals surface area contributed by atoms with Crippen LogP contribution in [0.3, 0.4) is 0 Å². The molecule has 2 aromatic rings. The highest BCUT2D eigenvalue weighted by atomic mass is 19.1.